The topological polar surface area (TPSA) is 419 Å². The zero-order chi connectivity index (χ0) is 99.7. The predicted octanol–water partition coefficient (Wildman–Crippen LogP) is 18.3. The Hall–Kier alpha value is -14.7. The van der Waals surface area contributed by atoms with Gasteiger partial charge in [-0.1, -0.05) is 125 Å². The van der Waals surface area contributed by atoms with Crippen molar-refractivity contribution in [1.82, 2.24) is 59.0 Å². The number of hydrogen-bond acceptors (Lipinski definition) is 16. The van der Waals surface area contributed by atoms with Crippen molar-refractivity contribution in [3.8, 4) is 0 Å². The van der Waals surface area contributed by atoms with Crippen LogP contribution in [0.1, 0.15) is 181 Å². The van der Waals surface area contributed by atoms with Crippen molar-refractivity contribution in [2.45, 2.75) is 111 Å². The van der Waals surface area contributed by atoms with Crippen LogP contribution in [-0.4, -0.2) is 165 Å². The van der Waals surface area contributed by atoms with Crippen LogP contribution in [0, 0.1) is 48.3 Å². The number of carboxylic acid groups (broad SMARTS) is 1. The number of rotatable bonds is 21. The average Bonchev–Trinajstić information content (AvgIpc) is 1.62. The number of halogens is 7. The Kier molecular flexibility index (Phi) is 36.6. The second-order valence-corrected chi connectivity index (χ2v) is 37.3. The van der Waals surface area contributed by atoms with E-state index in [0.717, 1.165) is 57.6 Å². The fourth-order valence-corrected chi connectivity index (χ4v) is 16.0. The number of nitrogens with two attached hydrogens (primary N) is 1. The molecule has 12 aromatic rings. The van der Waals surface area contributed by atoms with Crippen molar-refractivity contribution >= 4 is 152 Å². The molecule has 0 fully saturated rings. The standard InChI is InChI=1S/C30H29FN6O3.C27H25FN6O4.C27H27FN6O2.C6H5ClO.C6H6O2.C3H3ClO.2ClH.Sn/c1-4-26(38)34-25-14-20(10-11-23(25)31)16-37-28-19(3)15-36(30(40)24-9-6-12-32-24)17-22(28)27(35-37)29(39)33-21-8-5-7-18(2)13-21;1-16-5-3-6-19(11-16)30-26(35)24-20-15-32(27(36)22-7-4-10-29-22)13-17(2)25(20)33(31-24)14-18-8-9-21(28)23(12-18)34(37)38;1-16-5-3-6-19(11-16)31-26(35)24-20-15-33(27(36)23-7-4-10-30-23)13-17(2)25(20)34(32-24)14-18-8-9-21(28)22(29)12-18;2*7-6(8)5-3-1-2-4-5;1-2-3(4)5;;;/h4-14,19,32H,1,15-17H2,2-3H3,(H,33,39)(H,34,38);3-12,17,29H,13-15H2,1-2H3,(H,30,35);3-12,17,30H,13-15,29H2,1-2H3,(H,31,35);1-3H,4H2;1-3H,4H2,(H,7,8);2H,1H2;2*1H;/q;;;;;;;;+2/p-2. The van der Waals surface area contributed by atoms with Crippen molar-refractivity contribution in [2.75, 3.05) is 46.6 Å². The molecule has 3 unspecified atom stereocenters. The van der Waals surface area contributed by atoms with Crippen molar-refractivity contribution in [2.24, 2.45) is 0 Å². The summed E-state index contributed by atoms with van der Waals surface area (Å²) in [4.78, 5) is 146. The van der Waals surface area contributed by atoms with E-state index in [1.807, 2.05) is 120 Å². The number of nitrogens with one attached hydrogen (secondary N) is 7. The number of aliphatic carboxylic acids is 1. The minimum atomic E-state index is -0.925. The van der Waals surface area contributed by atoms with Gasteiger partial charge >= 0.3 is 48.4 Å². The number of nitro groups is 1. The van der Waals surface area contributed by atoms with Crippen LogP contribution in [0.5, 0.6) is 0 Å². The molecule has 712 valence electrons. The van der Waals surface area contributed by atoms with Crippen molar-refractivity contribution < 1.29 is 71.1 Å². The maximum atomic E-state index is 14.4. The second kappa shape index (κ2) is 48.6. The summed E-state index contributed by atoms with van der Waals surface area (Å²) in [5.41, 5.74) is 19.7. The monoisotopic (exact) mass is 2060 g/mol. The Morgan fingerprint density at radius 3 is 1.16 bits per heavy atom. The molecule has 31 nitrogen and oxygen atoms in total. The average molecular weight is 2060 g/mol. The molecule has 0 spiro atoms. The molecule has 2 aliphatic carbocycles. The summed E-state index contributed by atoms with van der Waals surface area (Å²) in [6, 6.07) is 45.4. The van der Waals surface area contributed by atoms with Gasteiger partial charge in [-0.25, -0.2) is 13.6 Å². The Morgan fingerprint density at radius 2 is 0.862 bits per heavy atom. The third-order valence-electron chi connectivity index (χ3n) is 22.0. The number of aromatic nitrogens is 9. The summed E-state index contributed by atoms with van der Waals surface area (Å²) in [6.07, 6.45) is 19.1. The molecule has 17 rings (SSSR count). The quantitative estimate of drug-likeness (QED) is 0.00805. The Morgan fingerprint density at radius 1 is 0.507 bits per heavy atom. The number of nitrogen functional groups attached to an aromatic ring is 1. The van der Waals surface area contributed by atoms with Gasteiger partial charge in [-0.2, -0.15) is 19.7 Å². The summed E-state index contributed by atoms with van der Waals surface area (Å²) in [7, 11) is 9.87. The first-order valence-corrected chi connectivity index (χ1v) is 50.8. The SMILES string of the molecule is C=CC(=O)Cl.C=CC(=O)Nc1cc(Cn2nc(C(=O)Nc3cccc(C)c3)c3c2C(C)CN(C(=O)c2ccc[nH]2)C3)ccc1F.Cc1cccc(NC(=O)c2nn(Cc3ccc(F)c(N)c3)c3c2CN(C(=O)c2ccc[nH]2)CC3C)c1.Cc1cccc(NC(=O)c2nn(Cc3ccc(F)c([N+](=O)[O-])c3)c3c2CN(C(=O)c2ccc[nH]2)CC3C)c1.O=C(Cl)C1=CC=CC1.O=C(O)C1=CC=CC1.[Cl][Sn][Cl]. The van der Waals surface area contributed by atoms with Gasteiger partial charge in [0.1, 0.15) is 28.7 Å². The van der Waals surface area contributed by atoms with E-state index in [0.29, 0.717) is 112 Å². The van der Waals surface area contributed by atoms with E-state index >= 15 is 0 Å². The van der Waals surface area contributed by atoms with Gasteiger partial charge in [0.15, 0.2) is 17.1 Å². The van der Waals surface area contributed by atoms with Gasteiger partial charge in [0, 0.05) is 124 Å². The molecule has 3 atom stereocenters. The predicted molar refractivity (Wildman–Crippen MR) is 523 cm³/mol. The zero-order valence-electron chi connectivity index (χ0n) is 75.4. The molecular weight excluding hydrogens is 1970 g/mol. The van der Waals surface area contributed by atoms with Gasteiger partial charge in [-0.15, -0.1) is 0 Å². The van der Waals surface area contributed by atoms with Crippen molar-refractivity contribution in [1.29, 1.82) is 0 Å². The van der Waals surface area contributed by atoms with Gasteiger partial charge in [-0.3, -0.25) is 67.3 Å². The molecule has 5 aliphatic rings. The van der Waals surface area contributed by atoms with Gasteiger partial charge in [0.2, 0.25) is 22.2 Å². The first kappa shape index (κ1) is 104. The zero-order valence-corrected chi connectivity index (χ0v) is 81.3. The van der Waals surface area contributed by atoms with Crippen LogP contribution in [-0.2, 0) is 58.4 Å². The number of benzene rings is 6. The molecule has 2 radical (unpaired) electrons. The Balaban J connectivity index is 0.000000176. The van der Waals surface area contributed by atoms with Gasteiger partial charge in [0.25, 0.3) is 35.4 Å². The normalized spacial score (nSPS) is 14.4. The van der Waals surface area contributed by atoms with Crippen LogP contribution in [0.2, 0.25) is 0 Å². The number of aryl methyl sites for hydroxylation is 3. The second-order valence-electron chi connectivity index (χ2n) is 32.3. The fourth-order valence-electron chi connectivity index (χ4n) is 15.8. The molecule has 39 heteroatoms. The summed E-state index contributed by atoms with van der Waals surface area (Å²) < 4.78 is 47.1. The third kappa shape index (κ3) is 27.4. The van der Waals surface area contributed by atoms with Crippen LogP contribution < -0.4 is 27.0 Å². The first-order chi connectivity index (χ1) is 66.0. The molecule has 6 aromatic carbocycles. The number of amides is 7. The number of allylic oxidation sites excluding steroid dienone is 8. The number of H-pyrrole nitrogens is 3. The van der Waals surface area contributed by atoms with Crippen LogP contribution in [0.4, 0.5) is 47.3 Å². The molecule has 0 saturated heterocycles. The Bertz CT molecular complexity index is 6670. The van der Waals surface area contributed by atoms with Gasteiger partial charge < -0.3 is 61.8 Å². The summed E-state index contributed by atoms with van der Waals surface area (Å²) in [5, 5.41) is 43.9. The van der Waals surface area contributed by atoms with Gasteiger partial charge in [-0.05, 0) is 205 Å². The number of carboxylic acids is 1. The molecule has 3 aliphatic heterocycles. The number of carbonyl (C=O) groups excluding carboxylic acids is 9. The van der Waals surface area contributed by atoms with E-state index in [9.17, 15) is 71.2 Å². The van der Waals surface area contributed by atoms with Gasteiger partial charge in [0.05, 0.1) is 55.6 Å². The maximum absolute atomic E-state index is 14.4. The number of fused-ring (bicyclic) bond motifs is 3. The van der Waals surface area contributed by atoms with E-state index in [2.05, 4.69) is 59.6 Å². The molecule has 7 amide bonds. The summed E-state index contributed by atoms with van der Waals surface area (Å²) in [5.74, 6) is -5.41. The summed E-state index contributed by atoms with van der Waals surface area (Å²) in [6.45, 7) is 20.8. The number of nitrogens with zero attached hydrogens (tertiary/aromatic N) is 10. The van der Waals surface area contributed by atoms with Crippen LogP contribution >= 0.6 is 41.0 Å². The number of carbonyl (C=O) groups is 10. The molecule has 0 bridgehead atoms. The summed E-state index contributed by atoms with van der Waals surface area (Å²) >= 11 is 9.02. The minimum absolute atomic E-state index is 0.0246. The van der Waals surface area contributed by atoms with E-state index in [1.165, 1.54) is 30.3 Å². The van der Waals surface area contributed by atoms with Crippen LogP contribution in [0.3, 0.4) is 0 Å². The van der Waals surface area contributed by atoms with E-state index in [4.69, 9.17) is 57.0 Å². The molecule has 6 aromatic heterocycles. The van der Waals surface area contributed by atoms with Crippen LogP contribution in [0.25, 0.3) is 0 Å². The van der Waals surface area contributed by atoms with E-state index in [1.54, 1.807) is 132 Å². The first-order valence-electron chi connectivity index (χ1n) is 42.9. The number of nitro benzene ring substituents is 1. The third-order valence-corrected chi connectivity index (χ3v) is 22.4. The van der Waals surface area contributed by atoms with E-state index < -0.39 is 70.0 Å². The molecule has 10 N–H and O–H groups in total. The molecule has 9 heterocycles. The van der Waals surface area contributed by atoms with Crippen molar-refractivity contribution in [3.63, 3.8) is 0 Å². The Labute approximate surface area is 818 Å². The fraction of sp³-hybridized carbons (Fsp3) is 0.202. The van der Waals surface area contributed by atoms with E-state index in [-0.39, 0.29) is 114 Å². The molecule has 0 saturated carbocycles. The number of aromatic amines is 3. The van der Waals surface area contributed by atoms with Crippen LogP contribution in [0.15, 0.2) is 255 Å². The number of hydrogen-bond donors (Lipinski definition) is 9. The molecular formula is C99H95Cl4F3N18O13Sn. The van der Waals surface area contributed by atoms with Crippen molar-refractivity contribution in [3.05, 3.63) is 384 Å². The number of anilines is 5. The molecule has 138 heavy (non-hydrogen) atoms.